The summed E-state index contributed by atoms with van der Waals surface area (Å²) in [4.78, 5) is 0. The smallest absolute Gasteiger partial charge is 0.212 e. The number of nitrogens with zero attached hydrogens (tertiary/aromatic N) is 1. The number of nitrogens with one attached hydrogen (secondary N) is 1. The molecule has 0 aromatic carbocycles. The van der Waals surface area contributed by atoms with E-state index in [9.17, 15) is 8.42 Å². The summed E-state index contributed by atoms with van der Waals surface area (Å²) in [5.74, 6) is 0.0381. The van der Waals surface area contributed by atoms with Crippen LogP contribution in [0.15, 0.2) is 0 Å². The molecule has 0 heterocycles. The van der Waals surface area contributed by atoms with Gasteiger partial charge in [0.1, 0.15) is 5.54 Å². The molecular formula is C8H14N2O2S. The Bertz CT molecular complexity index is 310. The molecule has 0 aromatic heterocycles. The number of nitriles is 1. The number of sulfonamides is 1. The maximum absolute atomic E-state index is 11.3. The molecule has 0 atom stereocenters. The zero-order chi connectivity index (χ0) is 9.95. The Morgan fingerprint density at radius 1 is 1.46 bits per heavy atom. The maximum atomic E-state index is 11.3. The van der Waals surface area contributed by atoms with Crippen LogP contribution in [0.2, 0.25) is 0 Å². The average Bonchev–Trinajstić information content (AvgIpc) is 2.53. The van der Waals surface area contributed by atoms with E-state index in [0.29, 0.717) is 12.8 Å². The Kier molecular flexibility index (Phi) is 2.94. The van der Waals surface area contributed by atoms with Gasteiger partial charge in [0.2, 0.25) is 10.0 Å². The minimum absolute atomic E-state index is 0.0381. The molecule has 0 aromatic rings. The van der Waals surface area contributed by atoms with Crippen LogP contribution in [-0.4, -0.2) is 19.7 Å². The highest BCUT2D eigenvalue weighted by Gasteiger charge is 2.36. The van der Waals surface area contributed by atoms with Crippen molar-refractivity contribution in [2.24, 2.45) is 0 Å². The van der Waals surface area contributed by atoms with E-state index in [1.807, 2.05) is 0 Å². The Labute approximate surface area is 79.0 Å². The second-order valence-electron chi connectivity index (χ2n) is 3.41. The molecule has 0 amide bonds. The zero-order valence-corrected chi connectivity index (χ0v) is 8.52. The third-order valence-corrected chi connectivity index (χ3v) is 3.86. The SMILES string of the molecule is CCS(=O)(=O)NC1(C#N)CCCC1. The molecular weight excluding hydrogens is 188 g/mol. The van der Waals surface area contributed by atoms with E-state index in [1.165, 1.54) is 0 Å². The first-order chi connectivity index (χ1) is 6.04. The lowest BCUT2D eigenvalue weighted by Gasteiger charge is -2.20. The first-order valence-corrected chi connectivity index (χ1v) is 6.12. The van der Waals surface area contributed by atoms with Crippen molar-refractivity contribution in [3.8, 4) is 6.07 Å². The van der Waals surface area contributed by atoms with Crippen molar-refractivity contribution in [3.63, 3.8) is 0 Å². The van der Waals surface area contributed by atoms with Gasteiger partial charge < -0.3 is 0 Å². The fourth-order valence-corrected chi connectivity index (χ4v) is 2.57. The lowest BCUT2D eigenvalue weighted by atomic mass is 10.0. The summed E-state index contributed by atoms with van der Waals surface area (Å²) in [5, 5.41) is 8.90. The van der Waals surface area contributed by atoms with Crippen molar-refractivity contribution in [2.75, 3.05) is 5.75 Å². The van der Waals surface area contributed by atoms with Crippen LogP contribution in [0.25, 0.3) is 0 Å². The monoisotopic (exact) mass is 202 g/mol. The first-order valence-electron chi connectivity index (χ1n) is 4.46. The van der Waals surface area contributed by atoms with E-state index in [1.54, 1.807) is 6.92 Å². The normalized spacial score (nSPS) is 21.2. The van der Waals surface area contributed by atoms with Crippen LogP contribution in [0.5, 0.6) is 0 Å². The summed E-state index contributed by atoms with van der Waals surface area (Å²) in [6, 6.07) is 2.08. The quantitative estimate of drug-likeness (QED) is 0.734. The van der Waals surface area contributed by atoms with E-state index < -0.39 is 15.6 Å². The Morgan fingerprint density at radius 3 is 2.38 bits per heavy atom. The highest BCUT2D eigenvalue weighted by molar-refractivity contribution is 7.89. The lowest BCUT2D eigenvalue weighted by molar-refractivity contribution is 0.486. The summed E-state index contributed by atoms with van der Waals surface area (Å²) in [7, 11) is -3.25. The Balaban J connectivity index is 2.77. The Hall–Kier alpha value is -0.600. The molecule has 1 N–H and O–H groups in total. The van der Waals surface area contributed by atoms with Gasteiger partial charge in [0.05, 0.1) is 11.8 Å². The molecule has 0 unspecified atom stereocenters. The van der Waals surface area contributed by atoms with Gasteiger partial charge >= 0.3 is 0 Å². The average molecular weight is 202 g/mol. The van der Waals surface area contributed by atoms with Crippen LogP contribution in [0, 0.1) is 11.3 Å². The summed E-state index contributed by atoms with van der Waals surface area (Å²) >= 11 is 0. The van der Waals surface area contributed by atoms with Gasteiger partial charge in [-0.05, 0) is 19.8 Å². The Morgan fingerprint density at radius 2 is 2.00 bits per heavy atom. The van der Waals surface area contributed by atoms with Gasteiger partial charge in [0, 0.05) is 0 Å². The molecule has 0 aliphatic heterocycles. The third-order valence-electron chi connectivity index (χ3n) is 2.40. The van der Waals surface area contributed by atoms with Crippen molar-refractivity contribution in [3.05, 3.63) is 0 Å². The summed E-state index contributed by atoms with van der Waals surface area (Å²) in [6.45, 7) is 1.57. The molecule has 0 bridgehead atoms. The molecule has 0 radical (unpaired) electrons. The molecule has 1 saturated carbocycles. The second kappa shape index (κ2) is 3.64. The van der Waals surface area contributed by atoms with Crippen molar-refractivity contribution in [1.29, 1.82) is 5.26 Å². The fourth-order valence-electron chi connectivity index (χ4n) is 1.59. The summed E-state index contributed by atoms with van der Waals surface area (Å²) in [6.07, 6.45) is 3.14. The van der Waals surface area contributed by atoms with Gasteiger partial charge in [-0.1, -0.05) is 12.8 Å². The van der Waals surface area contributed by atoms with E-state index >= 15 is 0 Å². The van der Waals surface area contributed by atoms with Gasteiger partial charge in [-0.2, -0.15) is 9.98 Å². The van der Waals surface area contributed by atoms with Crippen molar-refractivity contribution in [2.45, 2.75) is 38.1 Å². The van der Waals surface area contributed by atoms with E-state index in [0.717, 1.165) is 12.8 Å². The van der Waals surface area contributed by atoms with Crippen LogP contribution in [0.1, 0.15) is 32.6 Å². The van der Waals surface area contributed by atoms with Crippen LogP contribution < -0.4 is 4.72 Å². The molecule has 1 aliphatic rings. The standard InChI is InChI=1S/C8H14N2O2S/c1-2-13(11,12)10-8(7-9)5-3-4-6-8/h10H,2-6H2,1H3. The molecule has 0 spiro atoms. The molecule has 5 heteroatoms. The van der Waals surface area contributed by atoms with Crippen molar-refractivity contribution in [1.82, 2.24) is 4.72 Å². The lowest BCUT2D eigenvalue weighted by Crippen LogP contribution is -2.45. The molecule has 0 saturated heterocycles. The van der Waals surface area contributed by atoms with Crippen molar-refractivity contribution >= 4 is 10.0 Å². The van der Waals surface area contributed by atoms with Gasteiger partial charge in [-0.3, -0.25) is 0 Å². The van der Waals surface area contributed by atoms with Gasteiger partial charge in [0.25, 0.3) is 0 Å². The van der Waals surface area contributed by atoms with Crippen LogP contribution >= 0.6 is 0 Å². The minimum atomic E-state index is -3.25. The van der Waals surface area contributed by atoms with Crippen LogP contribution in [0.4, 0.5) is 0 Å². The van der Waals surface area contributed by atoms with Crippen LogP contribution in [0.3, 0.4) is 0 Å². The zero-order valence-electron chi connectivity index (χ0n) is 7.71. The molecule has 74 valence electrons. The van der Waals surface area contributed by atoms with E-state index in [4.69, 9.17) is 5.26 Å². The fraction of sp³-hybridized carbons (Fsp3) is 0.875. The van der Waals surface area contributed by atoms with Gasteiger partial charge in [-0.15, -0.1) is 0 Å². The molecule has 1 rings (SSSR count). The second-order valence-corrected chi connectivity index (χ2v) is 5.42. The van der Waals surface area contributed by atoms with E-state index in [-0.39, 0.29) is 5.75 Å². The van der Waals surface area contributed by atoms with Gasteiger partial charge in [0.15, 0.2) is 0 Å². The predicted octanol–water partition coefficient (Wildman–Crippen LogP) is 0.762. The van der Waals surface area contributed by atoms with Gasteiger partial charge in [-0.25, -0.2) is 8.42 Å². The number of hydrogen-bond acceptors (Lipinski definition) is 3. The number of rotatable bonds is 3. The maximum Gasteiger partial charge on any atom is 0.212 e. The van der Waals surface area contributed by atoms with Crippen LogP contribution in [-0.2, 0) is 10.0 Å². The molecule has 1 aliphatic carbocycles. The summed E-state index contributed by atoms with van der Waals surface area (Å²) < 4.78 is 25.0. The summed E-state index contributed by atoms with van der Waals surface area (Å²) in [5.41, 5.74) is -0.811. The topological polar surface area (TPSA) is 70.0 Å². The molecule has 4 nitrogen and oxygen atoms in total. The third kappa shape index (κ3) is 2.42. The predicted molar refractivity (Wildman–Crippen MR) is 49.4 cm³/mol. The minimum Gasteiger partial charge on any atom is -0.212 e. The molecule has 1 fully saturated rings. The highest BCUT2D eigenvalue weighted by atomic mass is 32.2. The number of hydrogen-bond donors (Lipinski definition) is 1. The van der Waals surface area contributed by atoms with E-state index in [2.05, 4.69) is 10.8 Å². The first kappa shape index (κ1) is 10.5. The largest absolute Gasteiger partial charge is 0.212 e. The molecule has 13 heavy (non-hydrogen) atoms. The van der Waals surface area contributed by atoms with Crippen molar-refractivity contribution < 1.29 is 8.42 Å². The highest BCUT2D eigenvalue weighted by Crippen LogP contribution is 2.29.